The molecule has 2 saturated carbocycles. The van der Waals surface area contributed by atoms with Crippen molar-refractivity contribution in [2.75, 3.05) is 6.54 Å². The number of nitrogens with one attached hydrogen (secondary N) is 2. The molecule has 2 aliphatic carbocycles. The molecular formula is C26H41N3O3. The molecule has 0 aromatic carbocycles. The Morgan fingerprint density at radius 1 is 1.31 bits per heavy atom. The van der Waals surface area contributed by atoms with Crippen LogP contribution in [0.25, 0.3) is 0 Å². The predicted molar refractivity (Wildman–Crippen MR) is 125 cm³/mol. The van der Waals surface area contributed by atoms with E-state index in [1.54, 1.807) is 0 Å². The smallest absolute Gasteiger partial charge is 0.218 e. The van der Waals surface area contributed by atoms with Gasteiger partial charge in [-0.1, -0.05) is 40.5 Å². The number of aliphatic hydroxyl groups excluding tert-OH is 1. The van der Waals surface area contributed by atoms with E-state index >= 15 is 0 Å². The number of nitrogens with zero attached hydrogens (tertiary/aromatic N) is 1. The van der Waals surface area contributed by atoms with Gasteiger partial charge in [-0.25, -0.2) is 4.98 Å². The molecule has 0 radical (unpaired) electrons. The summed E-state index contributed by atoms with van der Waals surface area (Å²) >= 11 is 0. The number of ether oxygens (including phenoxy) is 1. The Hall–Kier alpha value is -1.66. The van der Waals surface area contributed by atoms with Gasteiger partial charge >= 0.3 is 0 Å². The molecule has 1 aromatic rings. The molecule has 3 atom stereocenters. The number of amides is 1. The van der Waals surface area contributed by atoms with Crippen molar-refractivity contribution in [3.63, 3.8) is 0 Å². The summed E-state index contributed by atoms with van der Waals surface area (Å²) in [6, 6.07) is 2.13. The first-order chi connectivity index (χ1) is 15.0. The molecule has 4 rings (SSSR count). The highest BCUT2D eigenvalue weighted by Gasteiger charge is 2.49. The number of pyridine rings is 1. The van der Waals surface area contributed by atoms with Crippen molar-refractivity contribution >= 4 is 5.91 Å². The molecule has 6 nitrogen and oxygen atoms in total. The Bertz CT molecular complexity index is 824. The molecule has 178 valence electrons. The van der Waals surface area contributed by atoms with Crippen LogP contribution >= 0.6 is 0 Å². The van der Waals surface area contributed by atoms with Crippen LogP contribution in [-0.4, -0.2) is 40.3 Å². The van der Waals surface area contributed by atoms with E-state index in [1.807, 2.05) is 6.20 Å². The normalized spacial score (nSPS) is 28.9. The minimum absolute atomic E-state index is 0.0791. The number of carbonyl (C=O) groups excluding carboxylic acids is 1. The van der Waals surface area contributed by atoms with Gasteiger partial charge in [-0.3, -0.25) is 4.79 Å². The largest absolute Gasteiger partial charge is 0.471 e. The summed E-state index contributed by atoms with van der Waals surface area (Å²) in [6.07, 6.45) is 8.54. The Morgan fingerprint density at radius 3 is 2.62 bits per heavy atom. The van der Waals surface area contributed by atoms with Crippen molar-refractivity contribution in [1.82, 2.24) is 15.6 Å². The maximum absolute atomic E-state index is 11.7. The van der Waals surface area contributed by atoms with Crippen LogP contribution in [0.15, 0.2) is 12.3 Å². The highest BCUT2D eigenvalue weighted by molar-refractivity contribution is 5.73. The van der Waals surface area contributed by atoms with Gasteiger partial charge in [0, 0.05) is 37.7 Å². The molecule has 3 N–H and O–H groups in total. The lowest BCUT2D eigenvalue weighted by Gasteiger charge is -2.50. The van der Waals surface area contributed by atoms with Gasteiger partial charge < -0.3 is 20.5 Å². The number of aliphatic hydroxyl groups is 1. The maximum Gasteiger partial charge on any atom is 0.218 e. The van der Waals surface area contributed by atoms with E-state index in [0.29, 0.717) is 18.4 Å². The third-order valence-corrected chi connectivity index (χ3v) is 7.09. The first-order valence-electron chi connectivity index (χ1n) is 12.4. The zero-order valence-corrected chi connectivity index (χ0v) is 20.4. The molecule has 1 aliphatic heterocycles. The molecule has 32 heavy (non-hydrogen) atoms. The van der Waals surface area contributed by atoms with Gasteiger partial charge in [-0.05, 0) is 54.6 Å². The van der Waals surface area contributed by atoms with E-state index in [-0.39, 0.29) is 29.0 Å². The Balaban J connectivity index is 1.49. The third kappa shape index (κ3) is 5.82. The summed E-state index contributed by atoms with van der Waals surface area (Å²) in [7, 11) is 0. The monoisotopic (exact) mass is 443 g/mol. The topological polar surface area (TPSA) is 83.5 Å². The highest BCUT2D eigenvalue weighted by Crippen LogP contribution is 2.50. The fraction of sp³-hybridized carbons (Fsp3) is 0.769. The van der Waals surface area contributed by atoms with Gasteiger partial charge in [0.1, 0.15) is 5.60 Å². The molecule has 1 spiro atoms. The van der Waals surface area contributed by atoms with Crippen molar-refractivity contribution in [3.8, 4) is 5.88 Å². The van der Waals surface area contributed by atoms with Gasteiger partial charge in [-0.15, -0.1) is 0 Å². The number of hydrogen-bond acceptors (Lipinski definition) is 5. The van der Waals surface area contributed by atoms with Crippen molar-refractivity contribution in [2.45, 2.75) is 103 Å². The fourth-order valence-electron chi connectivity index (χ4n) is 5.62. The molecule has 0 saturated heterocycles. The van der Waals surface area contributed by atoms with E-state index in [0.717, 1.165) is 43.5 Å². The summed E-state index contributed by atoms with van der Waals surface area (Å²) in [5.74, 6) is 1.97. The predicted octanol–water partition coefficient (Wildman–Crippen LogP) is 3.92. The molecule has 1 aromatic heterocycles. The van der Waals surface area contributed by atoms with Gasteiger partial charge in [0.15, 0.2) is 0 Å². The second-order valence-corrected chi connectivity index (χ2v) is 12.0. The summed E-state index contributed by atoms with van der Waals surface area (Å²) in [5, 5.41) is 17.5. The van der Waals surface area contributed by atoms with Gasteiger partial charge in [-0.2, -0.15) is 0 Å². The molecular weight excluding hydrogens is 402 g/mol. The average Bonchev–Trinajstić information content (AvgIpc) is 3.47. The Morgan fingerprint density at radius 2 is 2.03 bits per heavy atom. The van der Waals surface area contributed by atoms with Crippen LogP contribution in [0.5, 0.6) is 5.88 Å². The first-order valence-corrected chi connectivity index (χ1v) is 12.4. The highest BCUT2D eigenvalue weighted by atomic mass is 16.5. The lowest BCUT2D eigenvalue weighted by atomic mass is 9.67. The van der Waals surface area contributed by atoms with Crippen LogP contribution in [0.3, 0.4) is 0 Å². The van der Waals surface area contributed by atoms with Gasteiger partial charge in [0.25, 0.3) is 0 Å². The molecule has 0 unspecified atom stereocenters. The van der Waals surface area contributed by atoms with Crippen molar-refractivity contribution in [3.05, 3.63) is 23.4 Å². The Kier molecular flexibility index (Phi) is 6.56. The molecule has 2 heterocycles. The van der Waals surface area contributed by atoms with Crippen LogP contribution in [-0.2, 0) is 11.2 Å². The lowest BCUT2D eigenvalue weighted by molar-refractivity contribution is -0.120. The van der Waals surface area contributed by atoms with E-state index in [2.05, 4.69) is 44.4 Å². The molecule has 1 amide bonds. The SMILES string of the molecule is CC(=O)N[C@@H](CC1CC1)[C@H](O)CN[C@H]1CC2(CC(C)C2)Oc2ncc(CC(C)(C)C)cc21. The van der Waals surface area contributed by atoms with Crippen LogP contribution < -0.4 is 15.4 Å². The van der Waals surface area contributed by atoms with Crippen LogP contribution in [0.1, 0.15) is 90.3 Å². The standard InChI is InChI=1S/C26H41N3O3/c1-16-10-26(11-16)13-22(20-8-19(12-25(3,4)5)14-28-24(20)32-26)27-15-23(31)21(29-17(2)30)9-18-6-7-18/h8,14,16,18,21-23,27,31H,6-7,9-13,15H2,1-5H3,(H,29,30)/t16?,21-,22-,23+,26?/m0/s1. The minimum Gasteiger partial charge on any atom is -0.471 e. The second-order valence-electron chi connectivity index (χ2n) is 12.0. The van der Waals surface area contributed by atoms with Crippen molar-refractivity contribution < 1.29 is 14.6 Å². The molecule has 2 fully saturated rings. The van der Waals surface area contributed by atoms with E-state index < -0.39 is 6.10 Å². The number of rotatable bonds is 8. The number of aromatic nitrogens is 1. The number of fused-ring (bicyclic) bond motifs is 1. The number of carbonyl (C=O) groups is 1. The van der Waals surface area contributed by atoms with Crippen LogP contribution in [0.2, 0.25) is 0 Å². The second kappa shape index (κ2) is 8.94. The van der Waals surface area contributed by atoms with Crippen LogP contribution in [0.4, 0.5) is 0 Å². The minimum atomic E-state index is -0.618. The fourth-order valence-corrected chi connectivity index (χ4v) is 5.62. The molecule has 3 aliphatic rings. The maximum atomic E-state index is 11.7. The zero-order valence-electron chi connectivity index (χ0n) is 20.4. The summed E-state index contributed by atoms with van der Waals surface area (Å²) in [4.78, 5) is 16.4. The van der Waals surface area contributed by atoms with E-state index in [9.17, 15) is 9.90 Å². The quantitative estimate of drug-likeness (QED) is 0.567. The van der Waals surface area contributed by atoms with Gasteiger partial charge in [0.05, 0.1) is 12.1 Å². The average molecular weight is 444 g/mol. The van der Waals surface area contributed by atoms with Crippen LogP contribution in [0, 0.1) is 17.3 Å². The summed E-state index contributed by atoms with van der Waals surface area (Å²) in [6.45, 7) is 11.0. The lowest BCUT2D eigenvalue weighted by Crippen LogP contribution is -2.54. The van der Waals surface area contributed by atoms with Gasteiger partial charge in [0.2, 0.25) is 11.8 Å². The van der Waals surface area contributed by atoms with Crippen molar-refractivity contribution in [2.24, 2.45) is 17.3 Å². The summed E-state index contributed by atoms with van der Waals surface area (Å²) in [5.41, 5.74) is 2.36. The number of hydrogen-bond donors (Lipinski definition) is 3. The van der Waals surface area contributed by atoms with E-state index in [1.165, 1.54) is 25.3 Å². The van der Waals surface area contributed by atoms with Crippen molar-refractivity contribution in [1.29, 1.82) is 0 Å². The summed E-state index contributed by atoms with van der Waals surface area (Å²) < 4.78 is 6.44. The molecule has 0 bridgehead atoms. The third-order valence-electron chi connectivity index (χ3n) is 7.09. The van der Waals surface area contributed by atoms with E-state index in [4.69, 9.17) is 9.72 Å². The first kappa shape index (κ1) is 23.5. The Labute approximate surface area is 192 Å². The zero-order chi connectivity index (χ0) is 23.1. The molecule has 6 heteroatoms.